The fourth-order valence-electron chi connectivity index (χ4n) is 3.77. The molecule has 3 heterocycles. The zero-order valence-corrected chi connectivity index (χ0v) is 13.7. The maximum absolute atomic E-state index is 12.9. The van der Waals surface area contributed by atoms with Crippen LogP contribution in [0.2, 0.25) is 0 Å². The quantitative estimate of drug-likeness (QED) is 0.850. The van der Waals surface area contributed by atoms with Gasteiger partial charge in [0.15, 0.2) is 0 Å². The third-order valence-corrected chi connectivity index (χ3v) is 5.06. The third kappa shape index (κ3) is 2.94. The lowest BCUT2D eigenvalue weighted by Crippen LogP contribution is -2.54. The number of nitrogens with zero attached hydrogens (tertiary/aromatic N) is 4. The molecule has 4 rings (SSSR count). The SMILES string of the molecule is O=C(c1cnn(-c2ccncc2)c1)N1CCOC2(CCCCC2)C1. The van der Waals surface area contributed by atoms with E-state index in [1.165, 1.54) is 19.3 Å². The van der Waals surface area contributed by atoms with Crippen LogP contribution in [-0.4, -0.2) is 50.9 Å². The molecule has 6 heteroatoms. The van der Waals surface area contributed by atoms with Crippen molar-refractivity contribution in [3.05, 3.63) is 42.5 Å². The lowest BCUT2D eigenvalue weighted by Gasteiger charge is -2.44. The molecule has 1 amide bonds. The van der Waals surface area contributed by atoms with Crippen LogP contribution >= 0.6 is 0 Å². The summed E-state index contributed by atoms with van der Waals surface area (Å²) in [6, 6.07) is 3.74. The highest BCUT2D eigenvalue weighted by Gasteiger charge is 2.39. The molecule has 0 aromatic carbocycles. The van der Waals surface area contributed by atoms with Crippen molar-refractivity contribution in [2.45, 2.75) is 37.7 Å². The molecule has 24 heavy (non-hydrogen) atoms. The Balaban J connectivity index is 1.50. The number of hydrogen-bond acceptors (Lipinski definition) is 4. The number of rotatable bonds is 2. The van der Waals surface area contributed by atoms with Crippen LogP contribution in [0.3, 0.4) is 0 Å². The summed E-state index contributed by atoms with van der Waals surface area (Å²) in [5.41, 5.74) is 1.40. The van der Waals surface area contributed by atoms with E-state index in [0.717, 1.165) is 18.5 Å². The van der Waals surface area contributed by atoms with E-state index in [-0.39, 0.29) is 11.5 Å². The molecule has 2 aliphatic rings. The molecule has 0 unspecified atom stereocenters. The number of pyridine rings is 1. The summed E-state index contributed by atoms with van der Waals surface area (Å²) in [6.45, 7) is 1.98. The topological polar surface area (TPSA) is 60.2 Å². The summed E-state index contributed by atoms with van der Waals surface area (Å²) in [7, 11) is 0. The van der Waals surface area contributed by atoms with Gasteiger partial charge in [0.2, 0.25) is 0 Å². The van der Waals surface area contributed by atoms with Gasteiger partial charge in [-0.05, 0) is 25.0 Å². The molecule has 1 aliphatic heterocycles. The lowest BCUT2D eigenvalue weighted by atomic mass is 9.83. The van der Waals surface area contributed by atoms with Gasteiger partial charge < -0.3 is 9.64 Å². The van der Waals surface area contributed by atoms with E-state index >= 15 is 0 Å². The zero-order chi connectivity index (χ0) is 16.4. The van der Waals surface area contributed by atoms with Gasteiger partial charge in [-0.25, -0.2) is 4.68 Å². The Kier molecular flexibility index (Phi) is 4.06. The Morgan fingerprint density at radius 1 is 1.17 bits per heavy atom. The van der Waals surface area contributed by atoms with Crippen LogP contribution in [0.5, 0.6) is 0 Å². The van der Waals surface area contributed by atoms with Crippen LogP contribution in [0.4, 0.5) is 0 Å². The molecule has 2 aromatic heterocycles. The van der Waals surface area contributed by atoms with Crippen LogP contribution in [0, 0.1) is 0 Å². The van der Waals surface area contributed by atoms with Gasteiger partial charge in [0.1, 0.15) is 0 Å². The molecule has 2 aromatic rings. The van der Waals surface area contributed by atoms with Gasteiger partial charge in [-0.1, -0.05) is 19.3 Å². The maximum Gasteiger partial charge on any atom is 0.257 e. The zero-order valence-electron chi connectivity index (χ0n) is 13.7. The van der Waals surface area contributed by atoms with Gasteiger partial charge in [0.25, 0.3) is 5.91 Å². The number of aromatic nitrogens is 3. The van der Waals surface area contributed by atoms with Crippen LogP contribution in [0.25, 0.3) is 5.69 Å². The highest BCUT2D eigenvalue weighted by atomic mass is 16.5. The Bertz CT molecular complexity index is 701. The molecular weight excluding hydrogens is 304 g/mol. The van der Waals surface area contributed by atoms with Gasteiger partial charge in [-0.2, -0.15) is 5.10 Å². The summed E-state index contributed by atoms with van der Waals surface area (Å²) in [5, 5.41) is 4.32. The fourth-order valence-corrected chi connectivity index (χ4v) is 3.77. The van der Waals surface area contributed by atoms with E-state index in [2.05, 4.69) is 10.1 Å². The van der Waals surface area contributed by atoms with Crippen molar-refractivity contribution in [2.24, 2.45) is 0 Å². The van der Waals surface area contributed by atoms with Gasteiger partial charge in [-0.3, -0.25) is 9.78 Å². The van der Waals surface area contributed by atoms with E-state index in [1.807, 2.05) is 17.0 Å². The van der Waals surface area contributed by atoms with Crippen LogP contribution < -0.4 is 0 Å². The summed E-state index contributed by atoms with van der Waals surface area (Å²) >= 11 is 0. The van der Waals surface area contributed by atoms with E-state index in [4.69, 9.17) is 4.74 Å². The highest BCUT2D eigenvalue weighted by Crippen LogP contribution is 2.34. The number of ether oxygens (including phenoxy) is 1. The van der Waals surface area contributed by atoms with Crippen molar-refractivity contribution in [3.8, 4) is 5.69 Å². The minimum absolute atomic E-state index is 0.0450. The minimum Gasteiger partial charge on any atom is -0.371 e. The molecular formula is C18H22N4O2. The largest absolute Gasteiger partial charge is 0.371 e. The second-order valence-electron chi connectivity index (χ2n) is 6.70. The van der Waals surface area contributed by atoms with Crippen LogP contribution in [0.1, 0.15) is 42.5 Å². The fraction of sp³-hybridized carbons (Fsp3) is 0.500. The first-order valence-corrected chi connectivity index (χ1v) is 8.64. The predicted octanol–water partition coefficient (Wildman–Crippen LogP) is 2.44. The van der Waals surface area contributed by atoms with Crippen LogP contribution in [-0.2, 0) is 4.74 Å². The van der Waals surface area contributed by atoms with E-state index in [9.17, 15) is 4.79 Å². The van der Waals surface area contributed by atoms with Crippen molar-refractivity contribution in [3.63, 3.8) is 0 Å². The van der Waals surface area contributed by atoms with E-state index < -0.39 is 0 Å². The average molecular weight is 326 g/mol. The van der Waals surface area contributed by atoms with Crippen LogP contribution in [0.15, 0.2) is 36.9 Å². The summed E-state index contributed by atoms with van der Waals surface area (Å²) in [6.07, 6.45) is 12.7. The van der Waals surface area contributed by atoms with Crippen molar-refractivity contribution in [1.29, 1.82) is 0 Å². The Morgan fingerprint density at radius 3 is 2.75 bits per heavy atom. The summed E-state index contributed by atoms with van der Waals surface area (Å²) < 4.78 is 7.79. The van der Waals surface area contributed by atoms with Crippen molar-refractivity contribution in [2.75, 3.05) is 19.7 Å². The first-order chi connectivity index (χ1) is 11.8. The van der Waals surface area contributed by atoms with Gasteiger partial charge >= 0.3 is 0 Å². The summed E-state index contributed by atoms with van der Waals surface area (Å²) in [4.78, 5) is 18.8. The van der Waals surface area contributed by atoms with Crippen molar-refractivity contribution >= 4 is 5.91 Å². The standard InChI is InChI=1S/C18H22N4O2/c23-17(15-12-20-22(13-15)16-4-8-19-9-5-16)21-10-11-24-18(14-21)6-2-1-3-7-18/h4-5,8-9,12-13H,1-3,6-7,10-11,14H2. The third-order valence-electron chi connectivity index (χ3n) is 5.06. The van der Waals surface area contributed by atoms with Crippen molar-refractivity contribution in [1.82, 2.24) is 19.7 Å². The number of carbonyl (C=O) groups excluding carboxylic acids is 1. The van der Waals surface area contributed by atoms with Gasteiger partial charge in [0.05, 0.1) is 36.2 Å². The molecule has 1 saturated heterocycles. The lowest BCUT2D eigenvalue weighted by molar-refractivity contribution is -0.117. The molecule has 0 radical (unpaired) electrons. The summed E-state index contributed by atoms with van der Waals surface area (Å²) in [5.74, 6) is 0.0450. The maximum atomic E-state index is 12.9. The van der Waals surface area contributed by atoms with E-state index in [0.29, 0.717) is 25.3 Å². The number of morpholine rings is 1. The Labute approximate surface area is 141 Å². The molecule has 1 spiro atoms. The number of amides is 1. The smallest absolute Gasteiger partial charge is 0.257 e. The molecule has 0 atom stereocenters. The van der Waals surface area contributed by atoms with E-state index in [1.54, 1.807) is 29.5 Å². The monoisotopic (exact) mass is 326 g/mol. The molecule has 2 fully saturated rings. The number of carbonyl (C=O) groups is 1. The first-order valence-electron chi connectivity index (χ1n) is 8.64. The molecule has 0 N–H and O–H groups in total. The van der Waals surface area contributed by atoms with Crippen molar-refractivity contribution < 1.29 is 9.53 Å². The molecule has 126 valence electrons. The van der Waals surface area contributed by atoms with Gasteiger partial charge in [-0.15, -0.1) is 0 Å². The predicted molar refractivity (Wildman–Crippen MR) is 89.0 cm³/mol. The second-order valence-corrected chi connectivity index (χ2v) is 6.70. The molecule has 1 aliphatic carbocycles. The average Bonchev–Trinajstić information content (AvgIpc) is 3.13. The first kappa shape index (κ1) is 15.3. The van der Waals surface area contributed by atoms with Gasteiger partial charge in [0, 0.05) is 25.1 Å². The highest BCUT2D eigenvalue weighted by molar-refractivity contribution is 5.94. The second kappa shape index (κ2) is 6.36. The Morgan fingerprint density at radius 2 is 1.96 bits per heavy atom. The molecule has 0 bridgehead atoms. The molecule has 6 nitrogen and oxygen atoms in total. The number of hydrogen-bond donors (Lipinski definition) is 0. The normalized spacial score (nSPS) is 20.2. The Hall–Kier alpha value is -2.21. The minimum atomic E-state index is -0.118. The molecule has 1 saturated carbocycles.